The molecule has 0 aliphatic carbocycles. The number of likely N-dealkylation sites (N-methyl/N-ethyl adjacent to an activating group) is 2. The number of carbonyl (C=O) groups excluding carboxylic acids is 1. The first-order valence-corrected chi connectivity index (χ1v) is 8.25. The number of hydrogen-bond acceptors (Lipinski definition) is 5. The highest BCUT2D eigenvalue weighted by Gasteiger charge is 2.24. The standard InChI is InChI=1S/C16H33N3O2/c1-6-21-16(20)15(17-13(2)3)9-11-18(4)12-14-8-7-10-19(14)5/h13-15,17H,6-12H2,1-5H3. The third-order valence-electron chi connectivity index (χ3n) is 4.10. The number of nitrogens with one attached hydrogen (secondary N) is 1. The number of ether oxygens (including phenoxy) is 1. The molecule has 0 amide bonds. The molecule has 0 spiro atoms. The number of nitrogens with zero attached hydrogens (tertiary/aromatic N) is 2. The van der Waals surface area contributed by atoms with Crippen molar-refractivity contribution in [2.45, 2.75) is 58.2 Å². The van der Waals surface area contributed by atoms with E-state index in [1.807, 2.05) is 6.92 Å². The molecule has 1 fully saturated rings. The Hall–Kier alpha value is -0.650. The van der Waals surface area contributed by atoms with Gasteiger partial charge in [0.1, 0.15) is 6.04 Å². The van der Waals surface area contributed by atoms with Crippen molar-refractivity contribution in [3.8, 4) is 0 Å². The Morgan fingerprint density at radius 2 is 2.19 bits per heavy atom. The van der Waals surface area contributed by atoms with Gasteiger partial charge in [0.25, 0.3) is 0 Å². The first kappa shape index (κ1) is 18.4. The van der Waals surface area contributed by atoms with Crippen molar-refractivity contribution < 1.29 is 9.53 Å². The molecular formula is C16H33N3O2. The van der Waals surface area contributed by atoms with Crippen LogP contribution in [0.25, 0.3) is 0 Å². The van der Waals surface area contributed by atoms with Crippen LogP contribution in [0.1, 0.15) is 40.0 Å². The van der Waals surface area contributed by atoms with Gasteiger partial charge in [-0.2, -0.15) is 0 Å². The van der Waals surface area contributed by atoms with Crippen LogP contribution in [0.5, 0.6) is 0 Å². The Morgan fingerprint density at radius 1 is 1.48 bits per heavy atom. The summed E-state index contributed by atoms with van der Waals surface area (Å²) in [6.45, 7) is 9.61. The summed E-state index contributed by atoms with van der Waals surface area (Å²) >= 11 is 0. The monoisotopic (exact) mass is 299 g/mol. The van der Waals surface area contributed by atoms with Gasteiger partial charge in [-0.05, 0) is 53.4 Å². The first-order chi connectivity index (χ1) is 9.93. The van der Waals surface area contributed by atoms with E-state index in [0.29, 0.717) is 12.6 Å². The van der Waals surface area contributed by atoms with Crippen LogP contribution < -0.4 is 5.32 Å². The molecule has 1 heterocycles. The van der Waals surface area contributed by atoms with E-state index in [-0.39, 0.29) is 18.1 Å². The molecule has 0 bridgehead atoms. The van der Waals surface area contributed by atoms with Gasteiger partial charge in [0.05, 0.1) is 6.61 Å². The molecule has 0 radical (unpaired) electrons. The summed E-state index contributed by atoms with van der Waals surface area (Å²) in [6.07, 6.45) is 3.38. The lowest BCUT2D eigenvalue weighted by molar-refractivity contribution is -0.146. The molecule has 1 N–H and O–H groups in total. The van der Waals surface area contributed by atoms with Gasteiger partial charge in [-0.3, -0.25) is 4.79 Å². The zero-order valence-corrected chi connectivity index (χ0v) is 14.4. The largest absolute Gasteiger partial charge is 0.465 e. The molecule has 1 aliphatic rings. The average Bonchev–Trinajstić information content (AvgIpc) is 2.80. The molecule has 5 nitrogen and oxygen atoms in total. The summed E-state index contributed by atoms with van der Waals surface area (Å²) in [5, 5.41) is 3.31. The topological polar surface area (TPSA) is 44.8 Å². The number of rotatable bonds is 9. The highest BCUT2D eigenvalue weighted by atomic mass is 16.5. The predicted molar refractivity (Wildman–Crippen MR) is 86.5 cm³/mol. The second-order valence-corrected chi connectivity index (χ2v) is 6.45. The first-order valence-electron chi connectivity index (χ1n) is 8.25. The van der Waals surface area contributed by atoms with Gasteiger partial charge in [0.15, 0.2) is 0 Å². The zero-order valence-electron chi connectivity index (χ0n) is 14.4. The van der Waals surface area contributed by atoms with Crippen molar-refractivity contribution in [1.29, 1.82) is 0 Å². The van der Waals surface area contributed by atoms with Crippen LogP contribution in [-0.2, 0) is 9.53 Å². The molecule has 0 aromatic rings. The van der Waals surface area contributed by atoms with Crippen molar-refractivity contribution in [3.05, 3.63) is 0 Å². The van der Waals surface area contributed by atoms with Gasteiger partial charge in [-0.1, -0.05) is 13.8 Å². The SMILES string of the molecule is CCOC(=O)C(CCN(C)CC1CCCN1C)NC(C)C. The number of esters is 1. The normalized spacial score (nSPS) is 21.2. The molecule has 5 heteroatoms. The van der Waals surface area contributed by atoms with Gasteiger partial charge in [-0.25, -0.2) is 0 Å². The van der Waals surface area contributed by atoms with Crippen LogP contribution in [0.4, 0.5) is 0 Å². The van der Waals surface area contributed by atoms with E-state index in [4.69, 9.17) is 4.74 Å². The van der Waals surface area contributed by atoms with Gasteiger partial charge in [0, 0.05) is 18.6 Å². The van der Waals surface area contributed by atoms with E-state index < -0.39 is 0 Å². The minimum Gasteiger partial charge on any atom is -0.465 e. The molecule has 1 saturated heterocycles. The third-order valence-corrected chi connectivity index (χ3v) is 4.10. The molecule has 0 aromatic heterocycles. The minimum absolute atomic E-state index is 0.127. The van der Waals surface area contributed by atoms with Gasteiger partial charge in [-0.15, -0.1) is 0 Å². The van der Waals surface area contributed by atoms with E-state index >= 15 is 0 Å². The Bertz CT molecular complexity index is 310. The Kier molecular flexibility index (Phi) is 8.22. The quantitative estimate of drug-likeness (QED) is 0.651. The van der Waals surface area contributed by atoms with E-state index in [2.05, 4.69) is 43.1 Å². The maximum Gasteiger partial charge on any atom is 0.323 e. The molecule has 1 aliphatic heterocycles. The Morgan fingerprint density at radius 3 is 2.71 bits per heavy atom. The molecule has 2 atom stereocenters. The smallest absolute Gasteiger partial charge is 0.323 e. The molecule has 124 valence electrons. The molecular weight excluding hydrogens is 266 g/mol. The Labute approximate surface area is 130 Å². The lowest BCUT2D eigenvalue weighted by atomic mass is 10.1. The summed E-state index contributed by atoms with van der Waals surface area (Å²) in [7, 11) is 4.34. The van der Waals surface area contributed by atoms with E-state index in [1.54, 1.807) is 0 Å². The lowest BCUT2D eigenvalue weighted by Crippen LogP contribution is -2.45. The highest BCUT2D eigenvalue weighted by Crippen LogP contribution is 2.15. The maximum atomic E-state index is 12.0. The molecule has 0 saturated carbocycles. The van der Waals surface area contributed by atoms with Crippen molar-refractivity contribution in [2.24, 2.45) is 0 Å². The van der Waals surface area contributed by atoms with Crippen LogP contribution in [0.3, 0.4) is 0 Å². The number of likely N-dealkylation sites (tertiary alicyclic amines) is 1. The van der Waals surface area contributed by atoms with Gasteiger partial charge >= 0.3 is 5.97 Å². The van der Waals surface area contributed by atoms with Crippen LogP contribution in [0.2, 0.25) is 0 Å². The van der Waals surface area contributed by atoms with Crippen molar-refractivity contribution in [3.63, 3.8) is 0 Å². The summed E-state index contributed by atoms with van der Waals surface area (Å²) < 4.78 is 5.16. The van der Waals surface area contributed by atoms with E-state index in [0.717, 1.165) is 19.5 Å². The second kappa shape index (κ2) is 9.38. The highest BCUT2D eigenvalue weighted by molar-refractivity contribution is 5.75. The van der Waals surface area contributed by atoms with Gasteiger partial charge in [0.2, 0.25) is 0 Å². The minimum atomic E-state index is -0.200. The summed E-state index contributed by atoms with van der Waals surface area (Å²) in [5.74, 6) is -0.127. The molecule has 2 unspecified atom stereocenters. The maximum absolute atomic E-state index is 12.0. The Balaban J connectivity index is 2.38. The summed E-state index contributed by atoms with van der Waals surface area (Å²) in [4.78, 5) is 16.7. The van der Waals surface area contributed by atoms with E-state index in [9.17, 15) is 4.79 Å². The van der Waals surface area contributed by atoms with Crippen LogP contribution in [0, 0.1) is 0 Å². The fraction of sp³-hybridized carbons (Fsp3) is 0.938. The fourth-order valence-corrected chi connectivity index (χ4v) is 2.92. The number of carbonyl (C=O) groups is 1. The summed E-state index contributed by atoms with van der Waals surface area (Å²) in [6, 6.07) is 0.744. The average molecular weight is 299 g/mol. The summed E-state index contributed by atoms with van der Waals surface area (Å²) in [5.41, 5.74) is 0. The molecule has 1 rings (SSSR count). The molecule has 21 heavy (non-hydrogen) atoms. The van der Waals surface area contributed by atoms with Crippen LogP contribution in [0.15, 0.2) is 0 Å². The third kappa shape index (κ3) is 6.76. The van der Waals surface area contributed by atoms with Crippen LogP contribution in [-0.4, -0.2) is 74.2 Å². The van der Waals surface area contributed by atoms with Crippen molar-refractivity contribution in [1.82, 2.24) is 15.1 Å². The van der Waals surface area contributed by atoms with Crippen molar-refractivity contribution in [2.75, 3.05) is 40.3 Å². The van der Waals surface area contributed by atoms with Crippen LogP contribution >= 0.6 is 0 Å². The number of hydrogen-bond donors (Lipinski definition) is 1. The fourth-order valence-electron chi connectivity index (χ4n) is 2.92. The lowest BCUT2D eigenvalue weighted by Gasteiger charge is -2.27. The van der Waals surface area contributed by atoms with Crippen molar-refractivity contribution >= 4 is 5.97 Å². The van der Waals surface area contributed by atoms with Gasteiger partial charge < -0.3 is 19.9 Å². The molecule has 0 aromatic carbocycles. The zero-order chi connectivity index (χ0) is 15.8. The second-order valence-electron chi connectivity index (χ2n) is 6.45. The predicted octanol–water partition coefficient (Wildman–Crippen LogP) is 1.33. The van der Waals surface area contributed by atoms with E-state index in [1.165, 1.54) is 19.4 Å².